The molecule has 1 fully saturated rings. The zero-order valence-corrected chi connectivity index (χ0v) is 14.8. The molecule has 3 aromatic rings. The van der Waals surface area contributed by atoms with Crippen LogP contribution in [0, 0.1) is 0 Å². The van der Waals surface area contributed by atoms with Crippen LogP contribution in [-0.4, -0.2) is 53.4 Å². The van der Waals surface area contributed by atoms with E-state index in [4.69, 9.17) is 0 Å². The van der Waals surface area contributed by atoms with E-state index in [1.165, 1.54) is 5.56 Å². The van der Waals surface area contributed by atoms with Gasteiger partial charge in [0.15, 0.2) is 0 Å². The van der Waals surface area contributed by atoms with Crippen molar-refractivity contribution in [3.8, 4) is 0 Å². The van der Waals surface area contributed by atoms with Crippen molar-refractivity contribution in [1.82, 2.24) is 14.8 Å². The van der Waals surface area contributed by atoms with E-state index >= 15 is 0 Å². The second-order valence-electron chi connectivity index (χ2n) is 6.69. The summed E-state index contributed by atoms with van der Waals surface area (Å²) in [6, 6.07) is 18.2. The fourth-order valence-corrected chi connectivity index (χ4v) is 3.40. The molecule has 0 radical (unpaired) electrons. The SMILES string of the molecule is O=C(c1ccc2[nH]ccc2c1)N1CCN(C/C=C/c2ccccc2)CC1. The average molecular weight is 345 g/mol. The van der Waals surface area contributed by atoms with Gasteiger partial charge in [0, 0.05) is 55.4 Å². The summed E-state index contributed by atoms with van der Waals surface area (Å²) in [6.45, 7) is 4.31. The minimum Gasteiger partial charge on any atom is -0.361 e. The molecule has 4 heteroatoms. The normalized spacial score (nSPS) is 15.8. The molecule has 0 aliphatic carbocycles. The van der Waals surface area contributed by atoms with Crippen LogP contribution < -0.4 is 0 Å². The summed E-state index contributed by atoms with van der Waals surface area (Å²) >= 11 is 0. The van der Waals surface area contributed by atoms with Gasteiger partial charge in [0.25, 0.3) is 5.91 Å². The first-order chi connectivity index (χ1) is 12.8. The number of piperazine rings is 1. The van der Waals surface area contributed by atoms with E-state index in [2.05, 4.69) is 46.3 Å². The van der Waals surface area contributed by atoms with Crippen LogP contribution in [0.2, 0.25) is 0 Å². The lowest BCUT2D eigenvalue weighted by Crippen LogP contribution is -2.48. The molecule has 1 N–H and O–H groups in total. The van der Waals surface area contributed by atoms with Crippen molar-refractivity contribution in [2.45, 2.75) is 0 Å². The maximum absolute atomic E-state index is 12.8. The molecule has 0 saturated carbocycles. The Hall–Kier alpha value is -2.85. The number of hydrogen-bond donors (Lipinski definition) is 1. The van der Waals surface area contributed by atoms with Gasteiger partial charge in [-0.1, -0.05) is 42.5 Å². The van der Waals surface area contributed by atoms with E-state index in [1.54, 1.807) is 0 Å². The third kappa shape index (κ3) is 3.70. The van der Waals surface area contributed by atoms with Gasteiger partial charge in [0.1, 0.15) is 0 Å². The summed E-state index contributed by atoms with van der Waals surface area (Å²) in [7, 11) is 0. The number of carbonyl (C=O) groups excluding carboxylic acids is 1. The second kappa shape index (κ2) is 7.58. The van der Waals surface area contributed by atoms with Gasteiger partial charge in [-0.15, -0.1) is 0 Å². The third-order valence-corrected chi connectivity index (χ3v) is 4.93. The van der Waals surface area contributed by atoms with E-state index in [9.17, 15) is 4.79 Å². The largest absolute Gasteiger partial charge is 0.361 e. The van der Waals surface area contributed by atoms with Crippen molar-refractivity contribution in [3.05, 3.63) is 78.0 Å². The number of amides is 1. The number of nitrogens with one attached hydrogen (secondary N) is 1. The molecule has 2 heterocycles. The predicted molar refractivity (Wildman–Crippen MR) is 106 cm³/mol. The molecule has 1 aliphatic rings. The van der Waals surface area contributed by atoms with Gasteiger partial charge < -0.3 is 9.88 Å². The van der Waals surface area contributed by atoms with E-state index in [-0.39, 0.29) is 5.91 Å². The van der Waals surface area contributed by atoms with Gasteiger partial charge >= 0.3 is 0 Å². The number of carbonyl (C=O) groups is 1. The molecule has 0 spiro atoms. The molecule has 0 bridgehead atoms. The van der Waals surface area contributed by atoms with Crippen LogP contribution in [0.25, 0.3) is 17.0 Å². The molecular weight excluding hydrogens is 322 g/mol. The minimum atomic E-state index is 0.132. The van der Waals surface area contributed by atoms with Crippen LogP contribution >= 0.6 is 0 Å². The summed E-state index contributed by atoms with van der Waals surface area (Å²) in [5, 5.41) is 1.08. The van der Waals surface area contributed by atoms with Crippen LogP contribution in [0.3, 0.4) is 0 Å². The number of nitrogens with zero attached hydrogens (tertiary/aromatic N) is 2. The molecule has 4 rings (SSSR count). The molecule has 2 aromatic carbocycles. The lowest BCUT2D eigenvalue weighted by Gasteiger charge is -2.34. The molecule has 4 nitrogen and oxygen atoms in total. The van der Waals surface area contributed by atoms with E-state index in [0.29, 0.717) is 0 Å². The van der Waals surface area contributed by atoms with E-state index < -0.39 is 0 Å². The molecule has 1 saturated heterocycles. The summed E-state index contributed by atoms with van der Waals surface area (Å²) in [6.07, 6.45) is 6.26. The third-order valence-electron chi connectivity index (χ3n) is 4.93. The Kier molecular flexibility index (Phi) is 4.84. The number of hydrogen-bond acceptors (Lipinski definition) is 2. The van der Waals surface area contributed by atoms with Crippen molar-refractivity contribution < 1.29 is 4.79 Å². The summed E-state index contributed by atoms with van der Waals surface area (Å²) in [5.74, 6) is 0.132. The lowest BCUT2D eigenvalue weighted by atomic mass is 10.1. The van der Waals surface area contributed by atoms with Crippen molar-refractivity contribution in [1.29, 1.82) is 0 Å². The van der Waals surface area contributed by atoms with Crippen LogP contribution in [-0.2, 0) is 0 Å². The maximum atomic E-state index is 12.8. The van der Waals surface area contributed by atoms with E-state index in [0.717, 1.165) is 49.2 Å². The summed E-state index contributed by atoms with van der Waals surface area (Å²) in [4.78, 5) is 20.3. The quantitative estimate of drug-likeness (QED) is 0.784. The molecule has 132 valence electrons. The summed E-state index contributed by atoms with van der Waals surface area (Å²) in [5.41, 5.74) is 3.06. The number of benzene rings is 2. The highest BCUT2D eigenvalue weighted by Gasteiger charge is 2.21. The first-order valence-electron chi connectivity index (χ1n) is 9.10. The van der Waals surface area contributed by atoms with Gasteiger partial charge in [-0.05, 0) is 29.8 Å². The van der Waals surface area contributed by atoms with Gasteiger partial charge in [-0.2, -0.15) is 0 Å². The van der Waals surface area contributed by atoms with Crippen LogP contribution in [0.1, 0.15) is 15.9 Å². The molecule has 1 aliphatic heterocycles. The molecule has 26 heavy (non-hydrogen) atoms. The van der Waals surface area contributed by atoms with Crippen LogP contribution in [0.4, 0.5) is 0 Å². The van der Waals surface area contributed by atoms with Gasteiger partial charge in [-0.25, -0.2) is 0 Å². The number of aromatic nitrogens is 1. The maximum Gasteiger partial charge on any atom is 0.253 e. The Bertz CT molecular complexity index is 905. The molecule has 1 aromatic heterocycles. The number of aromatic amines is 1. The van der Waals surface area contributed by atoms with Crippen LogP contribution in [0.15, 0.2) is 66.9 Å². The van der Waals surface area contributed by atoms with Crippen molar-refractivity contribution in [2.24, 2.45) is 0 Å². The van der Waals surface area contributed by atoms with Gasteiger partial charge in [0.05, 0.1) is 0 Å². The molecular formula is C22H23N3O. The topological polar surface area (TPSA) is 39.3 Å². The van der Waals surface area contributed by atoms with E-state index in [1.807, 2.05) is 41.4 Å². The lowest BCUT2D eigenvalue weighted by molar-refractivity contribution is 0.0650. The summed E-state index contributed by atoms with van der Waals surface area (Å²) < 4.78 is 0. The minimum absolute atomic E-state index is 0.132. The monoisotopic (exact) mass is 345 g/mol. The van der Waals surface area contributed by atoms with Crippen molar-refractivity contribution >= 4 is 22.9 Å². The smallest absolute Gasteiger partial charge is 0.253 e. The first-order valence-corrected chi connectivity index (χ1v) is 9.10. The average Bonchev–Trinajstić information content (AvgIpc) is 3.17. The van der Waals surface area contributed by atoms with Gasteiger partial charge in [-0.3, -0.25) is 9.69 Å². The Morgan fingerprint density at radius 1 is 1.00 bits per heavy atom. The Balaban J connectivity index is 1.31. The Morgan fingerprint density at radius 3 is 2.62 bits per heavy atom. The number of rotatable bonds is 4. The molecule has 0 unspecified atom stereocenters. The highest BCUT2D eigenvalue weighted by Crippen LogP contribution is 2.16. The zero-order valence-electron chi connectivity index (χ0n) is 14.8. The Morgan fingerprint density at radius 2 is 1.81 bits per heavy atom. The van der Waals surface area contributed by atoms with Gasteiger partial charge in [0.2, 0.25) is 0 Å². The highest BCUT2D eigenvalue weighted by molar-refractivity contribution is 5.98. The number of H-pyrrole nitrogens is 1. The highest BCUT2D eigenvalue weighted by atomic mass is 16.2. The van der Waals surface area contributed by atoms with Crippen molar-refractivity contribution in [2.75, 3.05) is 32.7 Å². The Labute approximate surface area is 153 Å². The van der Waals surface area contributed by atoms with Crippen LogP contribution in [0.5, 0.6) is 0 Å². The zero-order chi connectivity index (χ0) is 17.8. The first kappa shape index (κ1) is 16.6. The fourth-order valence-electron chi connectivity index (χ4n) is 3.40. The standard InChI is InChI=1S/C22H23N3O/c26-22(20-8-9-21-19(17-20)10-11-23-21)25-15-13-24(14-16-25)12-4-7-18-5-2-1-3-6-18/h1-11,17,23H,12-16H2/b7-4+. The molecule has 1 amide bonds. The molecule has 0 atom stereocenters. The predicted octanol–water partition coefficient (Wildman–Crippen LogP) is 3.64. The number of fused-ring (bicyclic) bond motifs is 1. The fraction of sp³-hybridized carbons (Fsp3) is 0.227. The second-order valence-corrected chi connectivity index (χ2v) is 6.69. The van der Waals surface area contributed by atoms with Crippen molar-refractivity contribution in [3.63, 3.8) is 0 Å².